The van der Waals surface area contributed by atoms with Crippen LogP contribution in [0.4, 0.5) is 11.8 Å². The molecule has 2 heterocycles. The number of imidazole rings is 1. The minimum absolute atomic E-state index is 0.118. The zero-order valence-corrected chi connectivity index (χ0v) is 13.5. The Balaban J connectivity index is 2.25. The second-order valence-corrected chi connectivity index (χ2v) is 5.48. The Hall–Kier alpha value is -2.11. The van der Waals surface area contributed by atoms with E-state index in [0.29, 0.717) is 5.95 Å². The molecule has 0 fully saturated rings. The number of aromatic nitrogens is 4. The maximum Gasteiger partial charge on any atom is 0.225 e. The van der Waals surface area contributed by atoms with E-state index >= 15 is 0 Å². The topological polar surface area (TPSA) is 58.9 Å². The van der Waals surface area contributed by atoms with Crippen molar-refractivity contribution in [1.82, 2.24) is 19.5 Å². The second kappa shape index (κ2) is 6.56. The molecule has 1 unspecified atom stereocenters. The first-order valence-electron chi connectivity index (χ1n) is 7.27. The zero-order valence-electron chi connectivity index (χ0n) is 13.5. The van der Waals surface area contributed by atoms with Gasteiger partial charge in [-0.15, -0.1) is 0 Å². The van der Waals surface area contributed by atoms with Crippen LogP contribution < -0.4 is 10.2 Å². The molecule has 6 nitrogen and oxygen atoms in total. The number of hydrogen-bond donors (Lipinski definition) is 1. The normalized spacial score (nSPS) is 12.2. The smallest absolute Gasteiger partial charge is 0.225 e. The van der Waals surface area contributed by atoms with Gasteiger partial charge in [0.15, 0.2) is 0 Å². The van der Waals surface area contributed by atoms with Gasteiger partial charge in [0, 0.05) is 45.3 Å². The number of nitrogens with one attached hydrogen (secondary N) is 1. The lowest BCUT2D eigenvalue weighted by atomic mass is 10.1. The second-order valence-electron chi connectivity index (χ2n) is 5.48. The van der Waals surface area contributed by atoms with E-state index in [0.717, 1.165) is 30.0 Å². The van der Waals surface area contributed by atoms with E-state index in [-0.39, 0.29) is 6.04 Å². The molecule has 2 rings (SSSR count). The van der Waals surface area contributed by atoms with Gasteiger partial charge in [0.2, 0.25) is 5.95 Å². The van der Waals surface area contributed by atoms with Gasteiger partial charge < -0.3 is 14.8 Å². The van der Waals surface area contributed by atoms with Crippen molar-refractivity contribution in [3.63, 3.8) is 0 Å². The number of anilines is 2. The lowest BCUT2D eigenvalue weighted by Crippen LogP contribution is -2.19. The molecule has 0 aromatic carbocycles. The quantitative estimate of drug-likeness (QED) is 0.885. The van der Waals surface area contributed by atoms with Crippen molar-refractivity contribution in [3.8, 4) is 0 Å². The van der Waals surface area contributed by atoms with Gasteiger partial charge in [0.05, 0.1) is 6.04 Å². The van der Waals surface area contributed by atoms with Crippen LogP contribution in [0.15, 0.2) is 18.6 Å². The van der Waals surface area contributed by atoms with Crippen LogP contribution in [-0.2, 0) is 7.05 Å². The fraction of sp³-hybridized carbons (Fsp3) is 0.533. The van der Waals surface area contributed by atoms with Crippen LogP contribution in [0.5, 0.6) is 0 Å². The number of aryl methyl sites for hydroxylation is 2. The molecule has 1 N–H and O–H groups in total. The third-order valence-electron chi connectivity index (χ3n) is 3.42. The molecule has 2 aromatic rings. The molecule has 0 saturated carbocycles. The van der Waals surface area contributed by atoms with Gasteiger partial charge in [0.25, 0.3) is 0 Å². The Morgan fingerprint density at radius 3 is 2.67 bits per heavy atom. The summed E-state index contributed by atoms with van der Waals surface area (Å²) in [5.74, 6) is 2.58. The molecule has 0 aliphatic heterocycles. The van der Waals surface area contributed by atoms with Crippen LogP contribution in [0.3, 0.4) is 0 Å². The van der Waals surface area contributed by atoms with E-state index in [9.17, 15) is 0 Å². The highest BCUT2D eigenvalue weighted by molar-refractivity contribution is 5.48. The molecule has 0 bridgehead atoms. The number of hydrogen-bond acceptors (Lipinski definition) is 5. The van der Waals surface area contributed by atoms with Crippen LogP contribution in [0, 0.1) is 6.92 Å². The van der Waals surface area contributed by atoms with Crippen LogP contribution in [0.25, 0.3) is 0 Å². The van der Waals surface area contributed by atoms with Crippen molar-refractivity contribution in [1.29, 1.82) is 0 Å². The number of nitrogens with zero attached hydrogens (tertiary/aromatic N) is 5. The molecule has 0 aliphatic rings. The van der Waals surface area contributed by atoms with Crippen molar-refractivity contribution >= 4 is 11.8 Å². The van der Waals surface area contributed by atoms with Gasteiger partial charge in [-0.1, -0.05) is 13.3 Å². The third kappa shape index (κ3) is 3.51. The first-order valence-corrected chi connectivity index (χ1v) is 7.27. The monoisotopic (exact) mass is 288 g/mol. The van der Waals surface area contributed by atoms with Gasteiger partial charge in [-0.3, -0.25) is 0 Å². The van der Waals surface area contributed by atoms with Gasteiger partial charge in [-0.05, 0) is 13.3 Å². The molecule has 21 heavy (non-hydrogen) atoms. The molecule has 114 valence electrons. The molecule has 1 atom stereocenters. The minimum atomic E-state index is 0.118. The summed E-state index contributed by atoms with van der Waals surface area (Å²) in [6.45, 7) is 4.18. The Kier molecular flexibility index (Phi) is 4.77. The van der Waals surface area contributed by atoms with E-state index in [2.05, 4.69) is 27.2 Å². The van der Waals surface area contributed by atoms with Crippen LogP contribution in [-0.4, -0.2) is 33.6 Å². The summed E-state index contributed by atoms with van der Waals surface area (Å²) in [4.78, 5) is 15.4. The van der Waals surface area contributed by atoms with Gasteiger partial charge in [-0.2, -0.15) is 4.98 Å². The summed E-state index contributed by atoms with van der Waals surface area (Å²) < 4.78 is 2.04. The van der Waals surface area contributed by atoms with E-state index in [1.54, 1.807) is 0 Å². The molecule has 0 aliphatic carbocycles. The van der Waals surface area contributed by atoms with E-state index < -0.39 is 0 Å². The molecular formula is C15H24N6. The zero-order chi connectivity index (χ0) is 15.4. The van der Waals surface area contributed by atoms with E-state index in [1.807, 2.05) is 56.1 Å². The molecule has 0 amide bonds. The summed E-state index contributed by atoms with van der Waals surface area (Å²) in [6, 6.07) is 0.118. The maximum atomic E-state index is 4.60. The first kappa shape index (κ1) is 15.3. The predicted octanol–water partition coefficient (Wildman–Crippen LogP) is 2.54. The first-order chi connectivity index (χ1) is 10.0. The molecule has 0 saturated heterocycles. The summed E-state index contributed by atoms with van der Waals surface area (Å²) in [7, 11) is 5.98. The molecule has 2 aromatic heterocycles. The highest BCUT2D eigenvalue weighted by Crippen LogP contribution is 2.22. The lowest BCUT2D eigenvalue weighted by Gasteiger charge is -2.20. The Bertz CT molecular complexity index is 590. The van der Waals surface area contributed by atoms with E-state index in [1.165, 1.54) is 0 Å². The largest absolute Gasteiger partial charge is 0.362 e. The SMILES string of the molecule is CCCC(Nc1ncc(C)c(N(C)C)n1)c1nccn1C. The summed E-state index contributed by atoms with van der Waals surface area (Å²) in [5, 5.41) is 3.41. The summed E-state index contributed by atoms with van der Waals surface area (Å²) in [6.07, 6.45) is 7.68. The Morgan fingerprint density at radius 2 is 2.10 bits per heavy atom. The highest BCUT2D eigenvalue weighted by atomic mass is 15.2. The maximum absolute atomic E-state index is 4.60. The highest BCUT2D eigenvalue weighted by Gasteiger charge is 2.17. The van der Waals surface area contributed by atoms with Gasteiger partial charge in [0.1, 0.15) is 11.6 Å². The molecular weight excluding hydrogens is 264 g/mol. The van der Waals surface area contributed by atoms with Crippen molar-refractivity contribution < 1.29 is 0 Å². The summed E-state index contributed by atoms with van der Waals surface area (Å²) >= 11 is 0. The molecule has 6 heteroatoms. The Morgan fingerprint density at radius 1 is 1.33 bits per heavy atom. The molecule has 0 spiro atoms. The van der Waals surface area contributed by atoms with Crippen molar-refractivity contribution in [2.45, 2.75) is 32.7 Å². The van der Waals surface area contributed by atoms with Crippen LogP contribution >= 0.6 is 0 Å². The number of rotatable bonds is 6. The minimum Gasteiger partial charge on any atom is -0.362 e. The van der Waals surface area contributed by atoms with Crippen LogP contribution in [0.1, 0.15) is 37.2 Å². The van der Waals surface area contributed by atoms with Crippen LogP contribution in [0.2, 0.25) is 0 Å². The standard InChI is InChI=1S/C15H24N6/c1-6-7-12(14-16-8-9-21(14)5)18-15-17-10-11(2)13(19-15)20(3)4/h8-10,12H,6-7H2,1-5H3,(H,17,18,19). The van der Waals surface area contributed by atoms with Gasteiger partial charge in [-0.25, -0.2) is 9.97 Å². The fourth-order valence-electron chi connectivity index (χ4n) is 2.38. The fourth-order valence-corrected chi connectivity index (χ4v) is 2.38. The predicted molar refractivity (Wildman–Crippen MR) is 85.6 cm³/mol. The average molecular weight is 288 g/mol. The lowest BCUT2D eigenvalue weighted by molar-refractivity contribution is 0.608. The van der Waals surface area contributed by atoms with Crippen molar-refractivity contribution in [2.24, 2.45) is 7.05 Å². The average Bonchev–Trinajstić information content (AvgIpc) is 2.86. The third-order valence-corrected chi connectivity index (χ3v) is 3.42. The summed E-state index contributed by atoms with van der Waals surface area (Å²) in [5.41, 5.74) is 1.06. The van der Waals surface area contributed by atoms with Crippen molar-refractivity contribution in [2.75, 3.05) is 24.3 Å². The van der Waals surface area contributed by atoms with Crippen molar-refractivity contribution in [3.05, 3.63) is 30.0 Å². The van der Waals surface area contributed by atoms with E-state index in [4.69, 9.17) is 0 Å². The Labute approximate surface area is 126 Å². The molecule has 0 radical (unpaired) electrons. The van der Waals surface area contributed by atoms with Gasteiger partial charge >= 0.3 is 0 Å².